The van der Waals surface area contributed by atoms with Crippen molar-refractivity contribution in [3.05, 3.63) is 76.2 Å². The molecule has 1 aromatic carbocycles. The number of nitrogens with zero attached hydrogens (tertiary/aromatic N) is 2. The predicted octanol–water partition coefficient (Wildman–Crippen LogP) is 4.05. The summed E-state index contributed by atoms with van der Waals surface area (Å²) < 4.78 is 0. The molecular weight excluding hydrogens is 266 g/mol. The Bertz CT molecular complexity index is 648. The van der Waals surface area contributed by atoms with E-state index in [0.717, 1.165) is 0 Å². The molecule has 0 amide bonds. The van der Waals surface area contributed by atoms with Crippen molar-refractivity contribution in [2.24, 2.45) is 0 Å². The summed E-state index contributed by atoms with van der Waals surface area (Å²) in [6, 6.07) is 14.6. The minimum Gasteiger partial charge on any atom is -0.342 e. The lowest BCUT2D eigenvalue weighted by Gasteiger charge is -2.18. The largest absolute Gasteiger partial charge is 0.342 e. The second-order valence-corrected chi connectivity index (χ2v) is 5.56. The van der Waals surface area contributed by atoms with E-state index >= 15 is 0 Å². The number of aryl methyl sites for hydroxylation is 1. The van der Waals surface area contributed by atoms with Crippen molar-refractivity contribution in [2.45, 2.75) is 13.0 Å². The summed E-state index contributed by atoms with van der Waals surface area (Å²) in [5, 5.41) is 5.49. The van der Waals surface area contributed by atoms with Crippen molar-refractivity contribution in [1.82, 2.24) is 9.97 Å². The zero-order chi connectivity index (χ0) is 13.8. The van der Waals surface area contributed by atoms with Crippen LogP contribution in [0.25, 0.3) is 0 Å². The van der Waals surface area contributed by atoms with Crippen LogP contribution < -0.4 is 5.32 Å². The van der Waals surface area contributed by atoms with Gasteiger partial charge in [0.05, 0.1) is 6.04 Å². The zero-order valence-corrected chi connectivity index (χ0v) is 12.0. The maximum atomic E-state index is 4.25. The van der Waals surface area contributed by atoms with E-state index in [9.17, 15) is 0 Å². The van der Waals surface area contributed by atoms with E-state index in [0.29, 0.717) is 5.95 Å². The van der Waals surface area contributed by atoms with Crippen LogP contribution in [0.5, 0.6) is 0 Å². The maximum absolute atomic E-state index is 4.25. The first-order valence-corrected chi connectivity index (χ1v) is 7.34. The summed E-state index contributed by atoms with van der Waals surface area (Å²) in [5.41, 5.74) is 2.47. The second-order valence-electron chi connectivity index (χ2n) is 4.58. The molecule has 3 rings (SSSR count). The number of hydrogen-bond donors (Lipinski definition) is 1. The number of anilines is 1. The number of aromatic nitrogens is 2. The van der Waals surface area contributed by atoms with E-state index in [1.165, 1.54) is 16.0 Å². The Morgan fingerprint density at radius 1 is 1.00 bits per heavy atom. The van der Waals surface area contributed by atoms with E-state index in [1.54, 1.807) is 23.7 Å². The number of hydrogen-bond acceptors (Lipinski definition) is 4. The summed E-state index contributed by atoms with van der Waals surface area (Å²) >= 11 is 1.73. The molecule has 3 aromatic rings. The van der Waals surface area contributed by atoms with E-state index in [2.05, 4.69) is 64.0 Å². The quantitative estimate of drug-likeness (QED) is 0.784. The molecule has 0 saturated carbocycles. The molecule has 0 aliphatic rings. The highest BCUT2D eigenvalue weighted by Crippen LogP contribution is 2.28. The molecule has 2 aromatic heterocycles. The minimum atomic E-state index is 0.0815. The molecule has 1 N–H and O–H groups in total. The SMILES string of the molecule is Cc1ccc([C@H](Nc2ncccn2)c2cccs2)cc1. The molecule has 4 heteroatoms. The molecule has 0 spiro atoms. The third kappa shape index (κ3) is 2.86. The van der Waals surface area contributed by atoms with Gasteiger partial charge in [0.15, 0.2) is 0 Å². The average Bonchev–Trinajstić information content (AvgIpc) is 3.01. The van der Waals surface area contributed by atoms with Gasteiger partial charge in [-0.3, -0.25) is 0 Å². The van der Waals surface area contributed by atoms with Gasteiger partial charge in [-0.1, -0.05) is 35.9 Å². The molecule has 0 unspecified atom stereocenters. The fourth-order valence-corrected chi connectivity index (χ4v) is 2.84. The van der Waals surface area contributed by atoms with Gasteiger partial charge in [-0.2, -0.15) is 0 Å². The lowest BCUT2D eigenvalue weighted by atomic mass is 10.0. The van der Waals surface area contributed by atoms with Gasteiger partial charge in [0.2, 0.25) is 5.95 Å². The normalized spacial score (nSPS) is 12.1. The molecule has 100 valence electrons. The van der Waals surface area contributed by atoms with E-state index in [-0.39, 0.29) is 6.04 Å². The Hall–Kier alpha value is -2.20. The van der Waals surface area contributed by atoms with Gasteiger partial charge < -0.3 is 5.32 Å². The summed E-state index contributed by atoms with van der Waals surface area (Å²) in [7, 11) is 0. The Kier molecular flexibility index (Phi) is 3.74. The van der Waals surface area contributed by atoms with Crippen LogP contribution in [0.4, 0.5) is 5.95 Å². The number of thiophene rings is 1. The molecule has 2 heterocycles. The third-order valence-corrected chi connectivity index (χ3v) is 4.01. The minimum absolute atomic E-state index is 0.0815. The Labute approximate surface area is 122 Å². The van der Waals surface area contributed by atoms with Gasteiger partial charge >= 0.3 is 0 Å². The van der Waals surface area contributed by atoms with Gasteiger partial charge in [0.25, 0.3) is 0 Å². The van der Waals surface area contributed by atoms with E-state index in [1.807, 2.05) is 6.07 Å². The van der Waals surface area contributed by atoms with E-state index in [4.69, 9.17) is 0 Å². The standard InChI is InChI=1S/C16H15N3S/c1-12-5-7-13(8-6-12)15(14-4-2-11-20-14)19-16-17-9-3-10-18-16/h2-11,15H,1H3,(H,17,18,19)/t15-/m0/s1. The van der Waals surface area contributed by atoms with Crippen LogP contribution in [0.2, 0.25) is 0 Å². The molecule has 0 radical (unpaired) electrons. The molecule has 20 heavy (non-hydrogen) atoms. The van der Waals surface area contributed by atoms with E-state index < -0.39 is 0 Å². The molecule has 0 aliphatic carbocycles. The molecule has 1 atom stereocenters. The Morgan fingerprint density at radius 2 is 1.75 bits per heavy atom. The number of nitrogens with one attached hydrogen (secondary N) is 1. The van der Waals surface area contributed by atoms with Crippen molar-refractivity contribution >= 4 is 17.3 Å². The van der Waals surface area contributed by atoms with Gasteiger partial charge in [0.1, 0.15) is 0 Å². The lowest BCUT2D eigenvalue weighted by molar-refractivity contribution is 0.927. The molecule has 0 aliphatic heterocycles. The Balaban J connectivity index is 1.94. The van der Waals surface area contributed by atoms with Crippen LogP contribution in [-0.4, -0.2) is 9.97 Å². The van der Waals surface area contributed by atoms with Crippen LogP contribution in [0, 0.1) is 6.92 Å². The summed E-state index contributed by atoms with van der Waals surface area (Å²) in [5.74, 6) is 0.645. The first-order chi connectivity index (χ1) is 9.83. The highest BCUT2D eigenvalue weighted by atomic mass is 32.1. The first-order valence-electron chi connectivity index (χ1n) is 6.46. The number of rotatable bonds is 4. The highest BCUT2D eigenvalue weighted by molar-refractivity contribution is 7.10. The summed E-state index contributed by atoms with van der Waals surface area (Å²) in [6.45, 7) is 2.09. The second kappa shape index (κ2) is 5.84. The molecule has 0 fully saturated rings. The van der Waals surface area contributed by atoms with Crippen LogP contribution in [0.15, 0.2) is 60.2 Å². The lowest BCUT2D eigenvalue weighted by Crippen LogP contribution is -2.13. The molecule has 0 bridgehead atoms. The van der Waals surface area contributed by atoms with Crippen LogP contribution >= 0.6 is 11.3 Å². The van der Waals surface area contributed by atoms with Crippen molar-refractivity contribution < 1.29 is 0 Å². The number of benzene rings is 1. The fourth-order valence-electron chi connectivity index (χ4n) is 2.04. The van der Waals surface area contributed by atoms with Crippen LogP contribution in [0.3, 0.4) is 0 Å². The maximum Gasteiger partial charge on any atom is 0.223 e. The van der Waals surface area contributed by atoms with Gasteiger partial charge in [-0.05, 0) is 30.0 Å². The molecule has 0 saturated heterocycles. The average molecular weight is 281 g/mol. The topological polar surface area (TPSA) is 37.8 Å². The van der Waals surface area contributed by atoms with Crippen molar-refractivity contribution in [2.75, 3.05) is 5.32 Å². The van der Waals surface area contributed by atoms with Crippen LogP contribution in [-0.2, 0) is 0 Å². The predicted molar refractivity (Wildman–Crippen MR) is 83.0 cm³/mol. The van der Waals surface area contributed by atoms with Gasteiger partial charge in [-0.15, -0.1) is 11.3 Å². The monoisotopic (exact) mass is 281 g/mol. The first kappa shape index (κ1) is 12.8. The molecule has 3 nitrogen and oxygen atoms in total. The van der Waals surface area contributed by atoms with Gasteiger partial charge in [-0.25, -0.2) is 9.97 Å². The van der Waals surface area contributed by atoms with Crippen molar-refractivity contribution in [3.63, 3.8) is 0 Å². The van der Waals surface area contributed by atoms with Crippen molar-refractivity contribution in [3.8, 4) is 0 Å². The van der Waals surface area contributed by atoms with Crippen LogP contribution in [0.1, 0.15) is 22.0 Å². The highest BCUT2D eigenvalue weighted by Gasteiger charge is 2.15. The van der Waals surface area contributed by atoms with Crippen molar-refractivity contribution in [1.29, 1.82) is 0 Å². The summed E-state index contributed by atoms with van der Waals surface area (Å²) in [4.78, 5) is 9.76. The Morgan fingerprint density at radius 3 is 2.40 bits per heavy atom. The summed E-state index contributed by atoms with van der Waals surface area (Å²) in [6.07, 6.45) is 3.49. The third-order valence-electron chi connectivity index (χ3n) is 3.08. The molecular formula is C16H15N3S. The zero-order valence-electron chi connectivity index (χ0n) is 11.2. The fraction of sp³-hybridized carbons (Fsp3) is 0.125. The smallest absolute Gasteiger partial charge is 0.223 e. The van der Waals surface area contributed by atoms with Gasteiger partial charge in [0, 0.05) is 17.3 Å².